The van der Waals surface area contributed by atoms with Gasteiger partial charge in [-0.25, -0.2) is 4.39 Å². The Morgan fingerprint density at radius 1 is 1.50 bits per heavy atom. The van der Waals surface area contributed by atoms with Crippen molar-refractivity contribution in [2.24, 2.45) is 0 Å². The molecule has 1 unspecified atom stereocenters. The Bertz CT molecular complexity index is 438. The molecule has 0 aromatic heterocycles. The molecular formula is C13H15FO2. The van der Waals surface area contributed by atoms with Gasteiger partial charge in [0.1, 0.15) is 5.82 Å². The van der Waals surface area contributed by atoms with Crippen LogP contribution in [0.15, 0.2) is 18.2 Å². The van der Waals surface area contributed by atoms with Crippen LogP contribution in [0.3, 0.4) is 0 Å². The summed E-state index contributed by atoms with van der Waals surface area (Å²) in [7, 11) is 0. The van der Waals surface area contributed by atoms with Crippen LogP contribution in [0.2, 0.25) is 0 Å². The lowest BCUT2D eigenvalue weighted by Crippen LogP contribution is -2.30. The van der Waals surface area contributed by atoms with Crippen molar-refractivity contribution in [1.29, 1.82) is 0 Å². The molecule has 1 aliphatic rings. The number of carboxylic acid groups (broad SMARTS) is 1. The standard InChI is InChI=1S/C13H15FO2/c1-13(2)7-6-9(12(15)16)8-4-3-5-10(14)11(8)13/h3-5,9H,6-7H2,1-2H3,(H,15,16). The Morgan fingerprint density at radius 3 is 2.81 bits per heavy atom. The van der Waals surface area contributed by atoms with Gasteiger partial charge in [-0.2, -0.15) is 0 Å². The summed E-state index contributed by atoms with van der Waals surface area (Å²) in [5.41, 5.74) is 0.949. The van der Waals surface area contributed by atoms with Crippen LogP contribution in [0, 0.1) is 5.82 Å². The molecule has 0 heterocycles. The zero-order valence-corrected chi connectivity index (χ0v) is 9.46. The van der Waals surface area contributed by atoms with E-state index in [2.05, 4.69) is 0 Å². The fourth-order valence-electron chi connectivity index (χ4n) is 2.59. The van der Waals surface area contributed by atoms with Crippen molar-refractivity contribution >= 4 is 5.97 Å². The highest BCUT2D eigenvalue weighted by molar-refractivity contribution is 5.77. The lowest BCUT2D eigenvalue weighted by Gasteiger charge is -2.35. The maximum Gasteiger partial charge on any atom is 0.310 e. The zero-order valence-electron chi connectivity index (χ0n) is 9.46. The Morgan fingerprint density at radius 2 is 2.19 bits per heavy atom. The quantitative estimate of drug-likeness (QED) is 0.792. The first-order valence-corrected chi connectivity index (χ1v) is 5.45. The number of hydrogen-bond donors (Lipinski definition) is 1. The summed E-state index contributed by atoms with van der Waals surface area (Å²) in [6.45, 7) is 3.93. The van der Waals surface area contributed by atoms with Crippen molar-refractivity contribution in [3.8, 4) is 0 Å². The summed E-state index contributed by atoms with van der Waals surface area (Å²) in [4.78, 5) is 11.1. The molecule has 0 saturated carbocycles. The number of halogens is 1. The highest BCUT2D eigenvalue weighted by Gasteiger charge is 2.37. The van der Waals surface area contributed by atoms with E-state index in [1.807, 2.05) is 13.8 Å². The molecule has 1 aliphatic carbocycles. The minimum absolute atomic E-state index is 0.271. The molecule has 16 heavy (non-hydrogen) atoms. The molecule has 0 aliphatic heterocycles. The monoisotopic (exact) mass is 222 g/mol. The first kappa shape index (κ1) is 11.1. The summed E-state index contributed by atoms with van der Waals surface area (Å²) in [6, 6.07) is 4.73. The van der Waals surface area contributed by atoms with Crippen LogP contribution in [0.25, 0.3) is 0 Å². The number of benzene rings is 1. The van der Waals surface area contributed by atoms with E-state index in [0.29, 0.717) is 24.0 Å². The second kappa shape index (κ2) is 3.58. The van der Waals surface area contributed by atoms with E-state index in [9.17, 15) is 9.18 Å². The third kappa shape index (κ3) is 1.60. The Kier molecular flexibility index (Phi) is 2.49. The van der Waals surface area contributed by atoms with Gasteiger partial charge in [0.05, 0.1) is 5.92 Å². The van der Waals surface area contributed by atoms with Crippen LogP contribution in [-0.4, -0.2) is 11.1 Å². The summed E-state index contributed by atoms with van der Waals surface area (Å²) in [5.74, 6) is -1.70. The molecule has 1 aromatic rings. The van der Waals surface area contributed by atoms with Crippen molar-refractivity contribution in [3.63, 3.8) is 0 Å². The molecule has 1 atom stereocenters. The van der Waals surface area contributed by atoms with Crippen molar-refractivity contribution in [1.82, 2.24) is 0 Å². The molecular weight excluding hydrogens is 207 g/mol. The van der Waals surface area contributed by atoms with Crippen molar-refractivity contribution < 1.29 is 14.3 Å². The first-order valence-electron chi connectivity index (χ1n) is 5.45. The normalized spacial score (nSPS) is 22.6. The topological polar surface area (TPSA) is 37.3 Å². The molecule has 0 radical (unpaired) electrons. The molecule has 1 N–H and O–H groups in total. The van der Waals surface area contributed by atoms with E-state index in [0.717, 1.165) is 0 Å². The van der Waals surface area contributed by atoms with Crippen LogP contribution in [0.1, 0.15) is 43.7 Å². The Hall–Kier alpha value is -1.38. The number of carbonyl (C=O) groups is 1. The maximum absolute atomic E-state index is 13.8. The average molecular weight is 222 g/mol. The molecule has 2 nitrogen and oxygen atoms in total. The van der Waals surface area contributed by atoms with Crippen molar-refractivity contribution in [2.45, 2.75) is 38.0 Å². The molecule has 0 spiro atoms. The van der Waals surface area contributed by atoms with Crippen LogP contribution >= 0.6 is 0 Å². The SMILES string of the molecule is CC1(C)CCC(C(=O)O)c2cccc(F)c21. The van der Waals surface area contributed by atoms with Gasteiger partial charge in [0.25, 0.3) is 0 Å². The predicted octanol–water partition coefficient (Wildman–Crippen LogP) is 3.07. The lowest BCUT2D eigenvalue weighted by molar-refractivity contribution is -0.139. The second-order valence-electron chi connectivity index (χ2n) is 5.02. The molecule has 3 heteroatoms. The highest BCUT2D eigenvalue weighted by atomic mass is 19.1. The summed E-state index contributed by atoms with van der Waals surface area (Å²) in [6.07, 6.45) is 1.29. The van der Waals surface area contributed by atoms with E-state index in [4.69, 9.17) is 5.11 Å². The first-order chi connectivity index (χ1) is 7.43. The molecule has 0 saturated heterocycles. The molecule has 86 valence electrons. The number of aliphatic carboxylic acids is 1. The van der Waals surface area contributed by atoms with Gasteiger partial charge < -0.3 is 5.11 Å². The molecule has 0 fully saturated rings. The van der Waals surface area contributed by atoms with Gasteiger partial charge in [-0.05, 0) is 35.4 Å². The van der Waals surface area contributed by atoms with E-state index in [1.54, 1.807) is 12.1 Å². The fraction of sp³-hybridized carbons (Fsp3) is 0.462. The lowest BCUT2D eigenvalue weighted by atomic mass is 9.68. The maximum atomic E-state index is 13.8. The van der Waals surface area contributed by atoms with Crippen LogP contribution in [-0.2, 0) is 10.2 Å². The van der Waals surface area contributed by atoms with Gasteiger partial charge in [-0.3, -0.25) is 4.79 Å². The van der Waals surface area contributed by atoms with E-state index < -0.39 is 11.9 Å². The smallest absolute Gasteiger partial charge is 0.310 e. The van der Waals surface area contributed by atoms with Crippen LogP contribution < -0.4 is 0 Å². The largest absolute Gasteiger partial charge is 0.481 e. The Balaban J connectivity index is 2.62. The average Bonchev–Trinajstić information content (AvgIpc) is 2.16. The second-order valence-corrected chi connectivity index (χ2v) is 5.02. The van der Waals surface area contributed by atoms with Gasteiger partial charge in [0, 0.05) is 0 Å². The van der Waals surface area contributed by atoms with Crippen LogP contribution in [0.5, 0.6) is 0 Å². The number of rotatable bonds is 1. The summed E-state index contributed by atoms with van der Waals surface area (Å²) >= 11 is 0. The molecule has 0 amide bonds. The van der Waals surface area contributed by atoms with Crippen molar-refractivity contribution in [3.05, 3.63) is 35.1 Å². The number of hydrogen-bond acceptors (Lipinski definition) is 1. The Labute approximate surface area is 94.1 Å². The van der Waals surface area contributed by atoms with E-state index in [-0.39, 0.29) is 11.2 Å². The highest BCUT2D eigenvalue weighted by Crippen LogP contribution is 2.43. The van der Waals surface area contributed by atoms with Crippen LogP contribution in [0.4, 0.5) is 4.39 Å². The van der Waals surface area contributed by atoms with Crippen molar-refractivity contribution in [2.75, 3.05) is 0 Å². The van der Waals surface area contributed by atoms with Gasteiger partial charge in [0.2, 0.25) is 0 Å². The summed E-state index contributed by atoms with van der Waals surface area (Å²) < 4.78 is 13.8. The minimum Gasteiger partial charge on any atom is -0.481 e. The molecule has 1 aromatic carbocycles. The third-order valence-corrected chi connectivity index (χ3v) is 3.45. The predicted molar refractivity (Wildman–Crippen MR) is 59.0 cm³/mol. The molecule has 2 rings (SSSR count). The van der Waals surface area contributed by atoms with Gasteiger partial charge in [0.15, 0.2) is 0 Å². The summed E-state index contributed by atoms with van der Waals surface area (Å²) in [5, 5.41) is 9.12. The van der Waals surface area contributed by atoms with Gasteiger partial charge in [-0.1, -0.05) is 26.0 Å². The van der Waals surface area contributed by atoms with E-state index >= 15 is 0 Å². The zero-order chi connectivity index (χ0) is 11.9. The minimum atomic E-state index is -0.859. The third-order valence-electron chi connectivity index (χ3n) is 3.45. The van der Waals surface area contributed by atoms with Gasteiger partial charge >= 0.3 is 5.97 Å². The fourth-order valence-corrected chi connectivity index (χ4v) is 2.59. The molecule has 0 bridgehead atoms. The number of carboxylic acids is 1. The number of fused-ring (bicyclic) bond motifs is 1. The van der Waals surface area contributed by atoms with Gasteiger partial charge in [-0.15, -0.1) is 0 Å². The van der Waals surface area contributed by atoms with E-state index in [1.165, 1.54) is 6.07 Å².